The predicted molar refractivity (Wildman–Crippen MR) is 155 cm³/mol. The van der Waals surface area contributed by atoms with Crippen molar-refractivity contribution in [3.63, 3.8) is 0 Å². The summed E-state index contributed by atoms with van der Waals surface area (Å²) in [7, 11) is 0. The zero-order valence-corrected chi connectivity index (χ0v) is 25.8. The number of hydrogen-bond acceptors (Lipinski definition) is 8. The summed E-state index contributed by atoms with van der Waals surface area (Å²) in [4.78, 5) is 63.7. The molecule has 1 amide bonds. The molecule has 3 saturated carbocycles. The molecule has 7 atom stereocenters. The van der Waals surface area contributed by atoms with E-state index in [1.54, 1.807) is 6.08 Å². The number of hydrogen-bond donors (Lipinski definition) is 2. The Hall–Kier alpha value is -2.55. The summed E-state index contributed by atoms with van der Waals surface area (Å²) >= 11 is 0. The van der Waals surface area contributed by atoms with Crippen molar-refractivity contribution in [2.45, 2.75) is 123 Å². The Bertz CT molecular complexity index is 1120. The molecule has 0 saturated heterocycles. The molecule has 0 aromatic carbocycles. The Kier molecular flexibility index (Phi) is 10.0. The van der Waals surface area contributed by atoms with E-state index in [9.17, 15) is 29.1 Å². The third-order valence-electron chi connectivity index (χ3n) is 11.0. The zero-order valence-electron chi connectivity index (χ0n) is 25.8. The number of unbranched alkanes of at least 4 members (excludes halogenated alkanes) is 2. The van der Waals surface area contributed by atoms with Crippen LogP contribution in [0.3, 0.4) is 0 Å². The van der Waals surface area contributed by atoms with Crippen LogP contribution in [0.1, 0.15) is 111 Å². The second kappa shape index (κ2) is 13.0. The highest BCUT2D eigenvalue weighted by atomic mass is 16.6. The Morgan fingerprint density at radius 3 is 2.43 bits per heavy atom. The van der Waals surface area contributed by atoms with Gasteiger partial charge in [-0.1, -0.05) is 46.1 Å². The minimum atomic E-state index is -1.52. The molecular formula is C33H49NO8. The van der Waals surface area contributed by atoms with Crippen molar-refractivity contribution in [1.29, 1.82) is 0 Å². The number of ether oxygens (including phenoxy) is 2. The number of carbonyl (C=O) groups excluding carboxylic acids is 5. The van der Waals surface area contributed by atoms with Crippen LogP contribution >= 0.6 is 0 Å². The molecule has 0 bridgehead atoms. The summed E-state index contributed by atoms with van der Waals surface area (Å²) in [5.74, 6) is -1.66. The van der Waals surface area contributed by atoms with Gasteiger partial charge in [-0.25, -0.2) is 0 Å². The molecule has 0 radical (unpaired) electrons. The fourth-order valence-electron chi connectivity index (χ4n) is 8.83. The summed E-state index contributed by atoms with van der Waals surface area (Å²) in [5.41, 5.74) is -1.50. The van der Waals surface area contributed by atoms with Crippen molar-refractivity contribution >= 4 is 29.4 Å². The quantitative estimate of drug-likeness (QED) is 0.321. The fraction of sp³-hybridized carbons (Fsp3) is 0.788. The van der Waals surface area contributed by atoms with E-state index in [2.05, 4.69) is 12.2 Å². The maximum atomic E-state index is 14.0. The van der Waals surface area contributed by atoms with Crippen LogP contribution in [0.2, 0.25) is 0 Å². The number of amides is 1. The van der Waals surface area contributed by atoms with Crippen molar-refractivity contribution < 1.29 is 38.6 Å². The van der Waals surface area contributed by atoms with Gasteiger partial charge in [-0.2, -0.15) is 0 Å². The molecule has 4 aliphatic rings. The van der Waals surface area contributed by atoms with E-state index >= 15 is 0 Å². The molecule has 0 aliphatic heterocycles. The van der Waals surface area contributed by atoms with Crippen molar-refractivity contribution in [3.05, 3.63) is 11.6 Å². The van der Waals surface area contributed by atoms with E-state index in [0.717, 1.165) is 31.3 Å². The average molecular weight is 588 g/mol. The molecule has 0 aromatic rings. The normalized spacial score (nSPS) is 35.3. The minimum Gasteiger partial charge on any atom is -0.456 e. The number of fused-ring (bicyclic) bond motifs is 5. The maximum Gasteiger partial charge on any atom is 0.325 e. The first kappa shape index (κ1) is 32.4. The van der Waals surface area contributed by atoms with Crippen LogP contribution in [0, 0.1) is 28.6 Å². The molecule has 7 unspecified atom stereocenters. The molecule has 0 heterocycles. The molecule has 0 aromatic heterocycles. The van der Waals surface area contributed by atoms with Crippen molar-refractivity contribution in [2.24, 2.45) is 28.6 Å². The largest absolute Gasteiger partial charge is 0.456 e. The number of esters is 2. The number of aliphatic hydroxyl groups is 1. The lowest BCUT2D eigenvalue weighted by atomic mass is 9.45. The van der Waals surface area contributed by atoms with Crippen LogP contribution in [0.25, 0.3) is 0 Å². The van der Waals surface area contributed by atoms with Gasteiger partial charge < -0.3 is 19.9 Å². The third kappa shape index (κ3) is 5.95. The number of carbonyl (C=O) groups is 5. The van der Waals surface area contributed by atoms with Crippen molar-refractivity contribution in [1.82, 2.24) is 5.32 Å². The number of nitrogens with one attached hydrogen (secondary N) is 1. The van der Waals surface area contributed by atoms with E-state index in [0.29, 0.717) is 44.9 Å². The lowest BCUT2D eigenvalue weighted by Gasteiger charge is -2.60. The van der Waals surface area contributed by atoms with Gasteiger partial charge in [0.1, 0.15) is 6.54 Å². The summed E-state index contributed by atoms with van der Waals surface area (Å²) in [6.07, 6.45) is 8.58. The molecule has 9 heteroatoms. The van der Waals surface area contributed by atoms with Gasteiger partial charge in [0.15, 0.2) is 18.0 Å². The topological polar surface area (TPSA) is 136 Å². The molecule has 4 rings (SSSR count). The highest BCUT2D eigenvalue weighted by Gasteiger charge is 2.70. The summed E-state index contributed by atoms with van der Waals surface area (Å²) < 4.78 is 11.5. The van der Waals surface area contributed by atoms with Gasteiger partial charge in [-0.05, 0) is 80.6 Å². The number of aliphatic hydroxyl groups excluding tert-OH is 1. The minimum absolute atomic E-state index is 0.0263. The van der Waals surface area contributed by atoms with Gasteiger partial charge in [-0.15, -0.1) is 0 Å². The molecule has 234 valence electrons. The molecular weight excluding hydrogens is 538 g/mol. The van der Waals surface area contributed by atoms with Gasteiger partial charge in [0.2, 0.25) is 11.7 Å². The van der Waals surface area contributed by atoms with Crippen molar-refractivity contribution in [2.75, 3.05) is 13.2 Å². The van der Waals surface area contributed by atoms with Gasteiger partial charge in [0, 0.05) is 24.7 Å². The second-order valence-corrected chi connectivity index (χ2v) is 13.5. The highest BCUT2D eigenvalue weighted by Crippen LogP contribution is 2.68. The van der Waals surface area contributed by atoms with Gasteiger partial charge >= 0.3 is 11.9 Å². The number of Topliss-reactive ketones (excluding diaryl/α,β-unsaturated/α-hetero) is 1. The summed E-state index contributed by atoms with van der Waals surface area (Å²) in [6, 6.07) is 0. The first-order valence-electron chi connectivity index (χ1n) is 16.0. The lowest BCUT2D eigenvalue weighted by molar-refractivity contribution is -0.203. The third-order valence-corrected chi connectivity index (χ3v) is 11.0. The Labute approximate surface area is 249 Å². The van der Waals surface area contributed by atoms with E-state index < -0.39 is 41.4 Å². The molecule has 3 fully saturated rings. The zero-order chi connectivity index (χ0) is 30.7. The van der Waals surface area contributed by atoms with E-state index in [-0.39, 0.29) is 54.2 Å². The van der Waals surface area contributed by atoms with E-state index in [1.165, 1.54) is 0 Å². The van der Waals surface area contributed by atoms with Crippen LogP contribution in [-0.2, 0) is 33.4 Å². The van der Waals surface area contributed by atoms with Crippen LogP contribution in [-0.4, -0.2) is 59.4 Å². The Balaban J connectivity index is 1.56. The van der Waals surface area contributed by atoms with Crippen molar-refractivity contribution in [3.8, 4) is 0 Å². The van der Waals surface area contributed by atoms with Gasteiger partial charge in [-0.3, -0.25) is 24.0 Å². The van der Waals surface area contributed by atoms with E-state index in [1.807, 2.05) is 20.8 Å². The smallest absolute Gasteiger partial charge is 0.325 e. The van der Waals surface area contributed by atoms with Gasteiger partial charge in [0.05, 0.1) is 6.10 Å². The monoisotopic (exact) mass is 587 g/mol. The SMILES string of the molecule is CCCCC(=O)NCC(=O)OCC(=O)C1(OC(=O)CCCC)CCC2C3CCC4=CC(=O)CCC4(C)C3C(O)CC21C. The average Bonchev–Trinajstić information content (AvgIpc) is 3.24. The number of allylic oxidation sites excluding steroid dienone is 1. The second-order valence-electron chi connectivity index (χ2n) is 13.5. The fourth-order valence-corrected chi connectivity index (χ4v) is 8.83. The summed E-state index contributed by atoms with van der Waals surface area (Å²) in [6.45, 7) is 7.18. The lowest BCUT2D eigenvalue weighted by Crippen LogP contribution is -2.63. The molecule has 4 aliphatic carbocycles. The molecule has 2 N–H and O–H groups in total. The van der Waals surface area contributed by atoms with Gasteiger partial charge in [0.25, 0.3) is 0 Å². The molecule has 0 spiro atoms. The Morgan fingerprint density at radius 2 is 1.71 bits per heavy atom. The van der Waals surface area contributed by atoms with Crippen LogP contribution in [0.5, 0.6) is 0 Å². The first-order valence-corrected chi connectivity index (χ1v) is 16.0. The number of rotatable bonds is 12. The molecule has 9 nitrogen and oxygen atoms in total. The number of ketones is 2. The van der Waals surface area contributed by atoms with E-state index in [4.69, 9.17) is 9.47 Å². The standard InChI is InChI=1S/C33H49NO8/c1-5-7-9-27(38)34-19-29(40)41-20-26(37)33(42-28(39)10-8-6-2)16-14-24-23-12-11-21-17-22(35)13-15-31(21,3)30(23)25(36)18-32(24,33)4/h17,23-25,30,36H,5-16,18-20H2,1-4H3,(H,34,38). The van der Waals surface area contributed by atoms with Crippen LogP contribution in [0.15, 0.2) is 11.6 Å². The van der Waals surface area contributed by atoms with Crippen LogP contribution < -0.4 is 5.32 Å². The summed E-state index contributed by atoms with van der Waals surface area (Å²) in [5, 5.41) is 14.3. The Morgan fingerprint density at radius 1 is 1.00 bits per heavy atom. The molecule has 42 heavy (non-hydrogen) atoms. The highest BCUT2D eigenvalue weighted by molar-refractivity contribution is 5.94. The predicted octanol–water partition coefficient (Wildman–Crippen LogP) is 4.38. The van der Waals surface area contributed by atoms with Crippen LogP contribution in [0.4, 0.5) is 0 Å². The maximum absolute atomic E-state index is 14.0. The first-order chi connectivity index (χ1) is 19.9.